The van der Waals surface area contributed by atoms with Crippen LogP contribution in [0.1, 0.15) is 142 Å². The fourth-order valence-electron chi connectivity index (χ4n) is 5.27. The van der Waals surface area contributed by atoms with Crippen LogP contribution in [0.2, 0.25) is 0 Å². The normalized spacial score (nSPS) is 18.7. The zero-order valence-electron chi connectivity index (χ0n) is 27.9. The van der Waals surface area contributed by atoms with Crippen molar-refractivity contribution in [2.75, 3.05) is 0 Å². The molecule has 2 aromatic carbocycles. The van der Waals surface area contributed by atoms with Crippen LogP contribution in [0.25, 0.3) is 0 Å². The Balaban J connectivity index is 0.00000441. The summed E-state index contributed by atoms with van der Waals surface area (Å²) in [5, 5.41) is 26.9. The van der Waals surface area contributed by atoms with Crippen LogP contribution in [0, 0.1) is 0 Å². The van der Waals surface area contributed by atoms with Gasteiger partial charge in [0.05, 0.1) is 12.1 Å². The number of nitrogens with zero attached hydrogens (tertiary/aromatic N) is 2. The summed E-state index contributed by atoms with van der Waals surface area (Å²) >= 11 is 0. The van der Waals surface area contributed by atoms with Gasteiger partial charge in [-0.3, -0.25) is 9.98 Å². The Bertz CT molecular complexity index is 1170. The van der Waals surface area contributed by atoms with Crippen molar-refractivity contribution in [1.82, 2.24) is 0 Å². The van der Waals surface area contributed by atoms with Crippen LogP contribution in [0.5, 0.6) is 11.5 Å². The van der Waals surface area contributed by atoms with Gasteiger partial charge in [-0.05, 0) is 67.9 Å². The van der Waals surface area contributed by atoms with E-state index in [1.807, 2.05) is 12.1 Å². The minimum Gasteiger partial charge on any atom is -1.00 e. The van der Waals surface area contributed by atoms with Crippen LogP contribution >= 0.6 is 0 Å². The van der Waals surface area contributed by atoms with E-state index < -0.39 is 0 Å². The first kappa shape index (κ1) is 38.2. The van der Waals surface area contributed by atoms with Gasteiger partial charge >= 0.3 is 17.4 Å². The molecule has 231 valence electrons. The smallest absolute Gasteiger partial charge is 1.00 e. The molecule has 42 heavy (non-hydrogen) atoms. The van der Waals surface area contributed by atoms with Crippen LogP contribution < -0.4 is 22.6 Å². The number of benzene rings is 2. The zero-order valence-corrected chi connectivity index (χ0v) is 30.0. The minimum absolute atomic E-state index is 0. The van der Waals surface area contributed by atoms with Gasteiger partial charge in [-0.2, -0.15) is 0 Å². The molecule has 1 saturated carbocycles. The molecule has 2 atom stereocenters. The Kier molecular flexibility index (Phi) is 12.6. The van der Waals surface area contributed by atoms with Gasteiger partial charge in [-0.25, -0.2) is 0 Å². The van der Waals surface area contributed by atoms with Crippen molar-refractivity contribution in [3.05, 3.63) is 57.6 Å². The van der Waals surface area contributed by atoms with Crippen LogP contribution in [0.3, 0.4) is 0 Å². The van der Waals surface area contributed by atoms with Gasteiger partial charge in [0.2, 0.25) is 0 Å². The minimum atomic E-state index is -0.248. The third kappa shape index (κ3) is 9.35. The van der Waals surface area contributed by atoms with E-state index in [0.717, 1.165) is 47.9 Å². The van der Waals surface area contributed by atoms with E-state index in [9.17, 15) is 10.2 Å². The Morgan fingerprint density at radius 3 is 1.14 bits per heavy atom. The Labute approximate surface area is 273 Å². The third-order valence-corrected chi connectivity index (χ3v) is 8.09. The van der Waals surface area contributed by atoms with Crippen LogP contribution in [-0.4, -0.2) is 24.5 Å². The van der Waals surface area contributed by atoms with Crippen molar-refractivity contribution >= 4 is 12.4 Å². The van der Waals surface area contributed by atoms with Crippen molar-refractivity contribution < 1.29 is 40.0 Å². The first-order valence-electron chi connectivity index (χ1n) is 15.0. The molecule has 1 aliphatic rings. The molecule has 0 heterocycles. The monoisotopic (exact) mass is 631 g/mol. The average molecular weight is 632 g/mol. The molecule has 2 aromatic rings. The number of halogens is 1. The van der Waals surface area contributed by atoms with E-state index in [-0.39, 0.29) is 75.0 Å². The second-order valence-corrected chi connectivity index (χ2v) is 15.9. The Morgan fingerprint density at radius 1 is 0.571 bits per heavy atom. The summed E-state index contributed by atoms with van der Waals surface area (Å²) in [6, 6.07) is 8.15. The van der Waals surface area contributed by atoms with Gasteiger partial charge in [0.15, 0.2) is 0 Å². The van der Waals surface area contributed by atoms with E-state index in [1.165, 1.54) is 0 Å². The number of rotatable bonds is 4. The average Bonchev–Trinajstić information content (AvgIpc) is 2.80. The van der Waals surface area contributed by atoms with E-state index >= 15 is 0 Å². The maximum Gasteiger partial charge on any atom is 3.00 e. The molecule has 1 radical (unpaired) electrons. The van der Waals surface area contributed by atoms with E-state index in [1.54, 1.807) is 12.4 Å². The first-order valence-corrected chi connectivity index (χ1v) is 15.0. The Morgan fingerprint density at radius 2 is 0.881 bits per heavy atom. The molecular formula is C36H52ClCrN2O2. The molecule has 6 heteroatoms. The van der Waals surface area contributed by atoms with E-state index in [4.69, 9.17) is 9.98 Å². The third-order valence-electron chi connectivity index (χ3n) is 8.09. The molecule has 0 N–H and O–H groups in total. The largest absolute Gasteiger partial charge is 3.00 e. The Hall–Kier alpha value is -1.80. The summed E-state index contributed by atoms with van der Waals surface area (Å²) < 4.78 is 0. The predicted octanol–water partition coefficient (Wildman–Crippen LogP) is 4.87. The fourth-order valence-corrected chi connectivity index (χ4v) is 5.27. The van der Waals surface area contributed by atoms with Gasteiger partial charge in [-0.1, -0.05) is 132 Å². The van der Waals surface area contributed by atoms with Crippen LogP contribution in [0.15, 0.2) is 34.3 Å². The summed E-state index contributed by atoms with van der Waals surface area (Å²) in [5.41, 5.74) is 4.62. The zero-order chi connectivity index (χ0) is 30.3. The molecule has 0 amide bonds. The SMILES string of the molecule is CC(C)(C)c1cc(C=N[C@H]2CCCC[C@@H]2N=Cc2cc(C(C)(C)C)cc(C(C)(C)C)c2[O-])c([O-])c(C(C)(C)C)c1.[Cl-].[Cr+3]. The number of aliphatic imine (C=N–C) groups is 2. The quantitative estimate of drug-likeness (QED) is 0.452. The van der Waals surface area contributed by atoms with Gasteiger partial charge in [-0.15, -0.1) is 0 Å². The maximum atomic E-state index is 13.5. The summed E-state index contributed by atoms with van der Waals surface area (Å²) in [4.78, 5) is 9.95. The number of hydrogen-bond acceptors (Lipinski definition) is 4. The molecule has 1 aliphatic carbocycles. The molecule has 0 saturated heterocycles. The van der Waals surface area contributed by atoms with Gasteiger partial charge in [0.25, 0.3) is 0 Å². The summed E-state index contributed by atoms with van der Waals surface area (Å²) in [6.07, 6.45) is 7.63. The van der Waals surface area contributed by atoms with E-state index in [0.29, 0.717) is 11.1 Å². The maximum absolute atomic E-state index is 13.5. The van der Waals surface area contributed by atoms with Crippen molar-refractivity contribution in [3.63, 3.8) is 0 Å². The van der Waals surface area contributed by atoms with Gasteiger partial charge in [0, 0.05) is 12.4 Å². The second-order valence-electron chi connectivity index (χ2n) is 15.9. The predicted molar refractivity (Wildman–Crippen MR) is 168 cm³/mol. The first-order chi connectivity index (χ1) is 18.2. The molecule has 0 unspecified atom stereocenters. The molecule has 3 rings (SSSR count). The molecule has 0 bridgehead atoms. The van der Waals surface area contributed by atoms with Crippen molar-refractivity contribution in [3.8, 4) is 11.5 Å². The van der Waals surface area contributed by atoms with Crippen molar-refractivity contribution in [1.29, 1.82) is 0 Å². The van der Waals surface area contributed by atoms with Crippen molar-refractivity contribution in [2.24, 2.45) is 9.98 Å². The molecule has 1 fully saturated rings. The molecular weight excluding hydrogens is 580 g/mol. The van der Waals surface area contributed by atoms with Gasteiger partial charge < -0.3 is 22.6 Å². The summed E-state index contributed by atoms with van der Waals surface area (Å²) in [6.45, 7) is 25.6. The standard InChI is InChI=1S/C36H54N2O2.ClH.Cr/c1-33(2,3)25-17-23(31(39)27(19-25)35(7,8)9)21-37-29-15-13-14-16-30(29)38-22-24-18-26(34(4,5)6)20-28(32(24)40)36(10,11)12;;/h17-22,29-30,39-40H,13-16H2,1-12H3;1H;/q;;+3/p-3/t29-,30-;;/m0../s1. The topological polar surface area (TPSA) is 70.8 Å². The number of hydrogen-bond donors (Lipinski definition) is 0. The van der Waals surface area contributed by atoms with Crippen molar-refractivity contribution in [2.45, 2.75) is 143 Å². The van der Waals surface area contributed by atoms with Crippen LogP contribution in [0.4, 0.5) is 0 Å². The fraction of sp³-hybridized carbons (Fsp3) is 0.611. The second kappa shape index (κ2) is 13.9. The summed E-state index contributed by atoms with van der Waals surface area (Å²) in [5.74, 6) is 0.120. The van der Waals surface area contributed by atoms with E-state index in [2.05, 4.69) is 95.2 Å². The molecule has 4 nitrogen and oxygen atoms in total. The molecule has 0 spiro atoms. The molecule has 0 aliphatic heterocycles. The summed E-state index contributed by atoms with van der Waals surface area (Å²) in [7, 11) is 0. The van der Waals surface area contributed by atoms with Crippen LogP contribution in [-0.2, 0) is 39.0 Å². The van der Waals surface area contributed by atoms with Gasteiger partial charge in [0.1, 0.15) is 0 Å². The molecule has 0 aromatic heterocycles.